The van der Waals surface area contributed by atoms with Crippen LogP contribution in [0.4, 0.5) is 0 Å². The van der Waals surface area contributed by atoms with Gasteiger partial charge in [0.05, 0.1) is 5.52 Å². The number of aryl methyl sites for hydroxylation is 2. The maximum Gasteiger partial charge on any atom is 0.270 e. The minimum atomic E-state index is 0.0746. The Kier molecular flexibility index (Phi) is 4.63. The second-order valence-corrected chi connectivity index (χ2v) is 7.67. The normalized spacial score (nSPS) is 15.7. The van der Waals surface area contributed by atoms with Crippen molar-refractivity contribution in [2.24, 2.45) is 7.05 Å². The van der Waals surface area contributed by atoms with Crippen molar-refractivity contribution < 1.29 is 9.21 Å². The van der Waals surface area contributed by atoms with Crippen LogP contribution in [0.2, 0.25) is 0 Å². The number of fused-ring (bicyclic) bond motifs is 1. The van der Waals surface area contributed by atoms with Gasteiger partial charge in [0.2, 0.25) is 0 Å². The summed E-state index contributed by atoms with van der Waals surface area (Å²) in [4.78, 5) is 17.3. The van der Waals surface area contributed by atoms with Crippen LogP contribution in [0.25, 0.3) is 11.1 Å². The lowest BCUT2D eigenvalue weighted by Gasteiger charge is -2.35. The van der Waals surface area contributed by atoms with Gasteiger partial charge in [-0.25, -0.2) is 0 Å². The molecule has 1 aromatic carbocycles. The van der Waals surface area contributed by atoms with Gasteiger partial charge < -0.3 is 13.9 Å². The summed E-state index contributed by atoms with van der Waals surface area (Å²) in [6.07, 6.45) is 0. The van der Waals surface area contributed by atoms with Crippen LogP contribution in [0.15, 0.2) is 45.5 Å². The van der Waals surface area contributed by atoms with Gasteiger partial charge in [-0.3, -0.25) is 9.69 Å². The summed E-state index contributed by atoms with van der Waals surface area (Å²) in [5, 5.41) is 0. The highest BCUT2D eigenvalue weighted by Crippen LogP contribution is 2.27. The number of carbonyl (C=O) groups excluding carboxylic acids is 1. The van der Waals surface area contributed by atoms with E-state index in [2.05, 4.69) is 52.0 Å². The molecule has 136 valence electrons. The molecule has 3 aromatic rings. The Labute approximate surface area is 161 Å². The lowest BCUT2D eigenvalue weighted by Crippen LogP contribution is -2.48. The molecule has 0 spiro atoms. The quantitative estimate of drug-likeness (QED) is 0.652. The number of halogens is 1. The number of piperazine rings is 1. The molecule has 5 nitrogen and oxygen atoms in total. The number of hydrogen-bond acceptors (Lipinski definition) is 3. The van der Waals surface area contributed by atoms with Crippen molar-refractivity contribution in [3.05, 3.63) is 57.9 Å². The zero-order chi connectivity index (χ0) is 18.3. The van der Waals surface area contributed by atoms with Gasteiger partial charge in [0.25, 0.3) is 5.91 Å². The van der Waals surface area contributed by atoms with Gasteiger partial charge in [0, 0.05) is 51.9 Å². The SMILES string of the molecule is Cc1ccccc1CN1CCN(C(=O)c2cc3oc(Br)cc3n2C)CC1. The largest absolute Gasteiger partial charge is 0.448 e. The highest BCUT2D eigenvalue weighted by Gasteiger charge is 2.25. The third kappa shape index (κ3) is 3.19. The zero-order valence-electron chi connectivity index (χ0n) is 15.0. The number of furan rings is 1. The van der Waals surface area contributed by atoms with Crippen LogP contribution in [-0.4, -0.2) is 46.5 Å². The van der Waals surface area contributed by atoms with Crippen molar-refractivity contribution in [1.82, 2.24) is 14.4 Å². The lowest BCUT2D eigenvalue weighted by molar-refractivity contribution is 0.0619. The second-order valence-electron chi connectivity index (χ2n) is 6.88. The number of nitrogens with zero attached hydrogens (tertiary/aromatic N) is 3. The predicted molar refractivity (Wildman–Crippen MR) is 105 cm³/mol. The van der Waals surface area contributed by atoms with Crippen molar-refractivity contribution >= 4 is 32.9 Å². The van der Waals surface area contributed by atoms with E-state index in [-0.39, 0.29) is 5.91 Å². The first-order valence-electron chi connectivity index (χ1n) is 8.84. The smallest absolute Gasteiger partial charge is 0.270 e. The van der Waals surface area contributed by atoms with Gasteiger partial charge >= 0.3 is 0 Å². The standard InChI is InChI=1S/C20H22BrN3O2/c1-14-5-3-4-6-15(14)13-23-7-9-24(10-8-23)20(25)17-11-18-16(22(17)2)12-19(21)26-18/h3-6,11-12H,7-10,13H2,1-2H3. The van der Waals surface area contributed by atoms with Gasteiger partial charge in [-0.2, -0.15) is 0 Å². The van der Waals surface area contributed by atoms with Crippen molar-refractivity contribution in [3.63, 3.8) is 0 Å². The Morgan fingerprint density at radius 3 is 2.58 bits per heavy atom. The second kappa shape index (κ2) is 6.93. The zero-order valence-corrected chi connectivity index (χ0v) is 16.6. The first-order chi connectivity index (χ1) is 12.5. The van der Waals surface area contributed by atoms with E-state index in [0.29, 0.717) is 10.4 Å². The van der Waals surface area contributed by atoms with E-state index in [9.17, 15) is 4.79 Å². The molecule has 3 heterocycles. The van der Waals surface area contributed by atoms with E-state index >= 15 is 0 Å². The molecule has 0 unspecified atom stereocenters. The Hall–Kier alpha value is -2.05. The molecular formula is C20H22BrN3O2. The summed E-state index contributed by atoms with van der Waals surface area (Å²) < 4.78 is 8.17. The molecule has 0 saturated carbocycles. The number of benzene rings is 1. The molecule has 1 saturated heterocycles. The summed E-state index contributed by atoms with van der Waals surface area (Å²) in [7, 11) is 1.91. The third-order valence-electron chi connectivity index (χ3n) is 5.23. The minimum Gasteiger partial charge on any atom is -0.448 e. The van der Waals surface area contributed by atoms with Crippen LogP contribution in [0, 0.1) is 6.92 Å². The highest BCUT2D eigenvalue weighted by atomic mass is 79.9. The number of rotatable bonds is 3. The van der Waals surface area contributed by atoms with Crippen LogP contribution >= 0.6 is 15.9 Å². The average Bonchev–Trinajstić information content (AvgIpc) is 3.14. The topological polar surface area (TPSA) is 41.6 Å². The number of hydrogen-bond donors (Lipinski definition) is 0. The van der Waals surface area contributed by atoms with Crippen molar-refractivity contribution in [1.29, 1.82) is 0 Å². The van der Waals surface area contributed by atoms with Crippen LogP contribution in [0.1, 0.15) is 21.6 Å². The fraction of sp³-hybridized carbons (Fsp3) is 0.350. The Balaban J connectivity index is 1.42. The number of carbonyl (C=O) groups is 1. The molecule has 1 aliphatic heterocycles. The molecule has 0 radical (unpaired) electrons. The highest BCUT2D eigenvalue weighted by molar-refractivity contribution is 9.10. The van der Waals surface area contributed by atoms with Gasteiger partial charge in [0.15, 0.2) is 10.3 Å². The van der Waals surface area contributed by atoms with Crippen molar-refractivity contribution in [2.75, 3.05) is 26.2 Å². The molecule has 2 aromatic heterocycles. The average molecular weight is 416 g/mol. The molecule has 1 aliphatic rings. The molecule has 6 heteroatoms. The maximum absolute atomic E-state index is 12.9. The molecular weight excluding hydrogens is 394 g/mol. The van der Waals surface area contributed by atoms with Crippen molar-refractivity contribution in [3.8, 4) is 0 Å². The Morgan fingerprint density at radius 1 is 1.15 bits per heavy atom. The number of amides is 1. The van der Waals surface area contributed by atoms with Crippen LogP contribution in [0.3, 0.4) is 0 Å². The fourth-order valence-electron chi connectivity index (χ4n) is 3.59. The molecule has 0 aliphatic carbocycles. The van der Waals surface area contributed by atoms with E-state index in [0.717, 1.165) is 43.8 Å². The molecule has 26 heavy (non-hydrogen) atoms. The van der Waals surface area contributed by atoms with Gasteiger partial charge in [0.1, 0.15) is 5.69 Å². The molecule has 1 amide bonds. The van der Waals surface area contributed by atoms with Gasteiger partial charge in [-0.15, -0.1) is 0 Å². The summed E-state index contributed by atoms with van der Waals surface area (Å²) in [6, 6.07) is 12.2. The molecule has 0 bridgehead atoms. The Morgan fingerprint density at radius 2 is 1.88 bits per heavy atom. The lowest BCUT2D eigenvalue weighted by atomic mass is 10.1. The minimum absolute atomic E-state index is 0.0746. The first-order valence-corrected chi connectivity index (χ1v) is 9.63. The van der Waals surface area contributed by atoms with Crippen LogP contribution < -0.4 is 0 Å². The van der Waals surface area contributed by atoms with Crippen LogP contribution in [-0.2, 0) is 13.6 Å². The van der Waals surface area contributed by atoms with Crippen molar-refractivity contribution in [2.45, 2.75) is 13.5 Å². The molecule has 0 atom stereocenters. The molecule has 4 rings (SSSR count). The van der Waals surface area contributed by atoms with E-state index in [4.69, 9.17) is 4.42 Å². The maximum atomic E-state index is 12.9. The summed E-state index contributed by atoms with van der Waals surface area (Å²) in [5.74, 6) is 0.0746. The fourth-order valence-corrected chi connectivity index (χ4v) is 3.98. The monoisotopic (exact) mass is 415 g/mol. The van der Waals surface area contributed by atoms with E-state index in [1.165, 1.54) is 11.1 Å². The van der Waals surface area contributed by atoms with E-state index in [1.54, 1.807) is 0 Å². The predicted octanol–water partition coefficient (Wildman–Crippen LogP) is 3.80. The molecule has 1 fully saturated rings. The van der Waals surface area contributed by atoms with E-state index in [1.807, 2.05) is 28.6 Å². The van der Waals surface area contributed by atoms with Crippen LogP contribution in [0.5, 0.6) is 0 Å². The first kappa shape index (κ1) is 17.4. The molecule has 0 N–H and O–H groups in total. The third-order valence-corrected chi connectivity index (χ3v) is 5.63. The van der Waals surface area contributed by atoms with E-state index < -0.39 is 0 Å². The van der Waals surface area contributed by atoms with Gasteiger partial charge in [-0.1, -0.05) is 24.3 Å². The summed E-state index contributed by atoms with van der Waals surface area (Å²) in [6.45, 7) is 6.39. The van der Waals surface area contributed by atoms with Gasteiger partial charge in [-0.05, 0) is 34.0 Å². The number of aromatic nitrogens is 1. The summed E-state index contributed by atoms with van der Waals surface area (Å²) in [5.41, 5.74) is 5.03. The Bertz CT molecular complexity index is 951. The summed E-state index contributed by atoms with van der Waals surface area (Å²) >= 11 is 3.33.